The molecule has 0 aromatic carbocycles. The van der Waals surface area contributed by atoms with Crippen molar-refractivity contribution in [2.45, 2.75) is 19.9 Å². The molecule has 0 radical (unpaired) electrons. The molecule has 18 heavy (non-hydrogen) atoms. The molecule has 0 amide bonds. The van der Waals surface area contributed by atoms with E-state index in [-0.39, 0.29) is 0 Å². The second kappa shape index (κ2) is 4.70. The van der Waals surface area contributed by atoms with Crippen LogP contribution in [0.1, 0.15) is 19.0 Å². The Morgan fingerprint density at radius 3 is 3.22 bits per heavy atom. The molecule has 0 saturated carbocycles. The third-order valence-electron chi connectivity index (χ3n) is 3.44. The average molecular weight is 264 g/mol. The van der Waals surface area contributed by atoms with Crippen LogP contribution in [0.15, 0.2) is 22.9 Å². The molecule has 1 aliphatic heterocycles. The molecule has 1 N–H and O–H groups in total. The molecular formula is C12H16N4OS. The summed E-state index contributed by atoms with van der Waals surface area (Å²) < 4.78 is 2.06. The summed E-state index contributed by atoms with van der Waals surface area (Å²) in [6.45, 7) is 4.85. The highest BCUT2D eigenvalue weighted by Gasteiger charge is 2.23. The SMILES string of the molecule is CC1CN(Cc2cn3ccsc3n2)CC/C1=N\O. The number of hydrogen-bond donors (Lipinski definition) is 1. The third kappa shape index (κ3) is 2.13. The zero-order valence-corrected chi connectivity index (χ0v) is 11.1. The molecule has 0 bridgehead atoms. The Balaban J connectivity index is 1.68. The second-order valence-electron chi connectivity index (χ2n) is 4.80. The normalized spacial score (nSPS) is 24.1. The van der Waals surface area contributed by atoms with E-state index in [2.05, 4.69) is 32.6 Å². The van der Waals surface area contributed by atoms with Crippen molar-refractivity contribution in [3.05, 3.63) is 23.5 Å². The number of aromatic nitrogens is 2. The maximum absolute atomic E-state index is 8.86. The lowest BCUT2D eigenvalue weighted by Gasteiger charge is -2.30. The lowest BCUT2D eigenvalue weighted by molar-refractivity contribution is 0.226. The number of nitrogens with zero attached hydrogens (tertiary/aromatic N) is 4. The van der Waals surface area contributed by atoms with Crippen molar-refractivity contribution in [3.8, 4) is 0 Å². The number of hydrogen-bond acceptors (Lipinski definition) is 5. The monoisotopic (exact) mass is 264 g/mol. The van der Waals surface area contributed by atoms with Crippen molar-refractivity contribution in [2.75, 3.05) is 13.1 Å². The first-order valence-corrected chi connectivity index (χ1v) is 6.98. The van der Waals surface area contributed by atoms with Gasteiger partial charge in [0.25, 0.3) is 0 Å². The minimum Gasteiger partial charge on any atom is -0.411 e. The van der Waals surface area contributed by atoms with E-state index in [9.17, 15) is 0 Å². The molecule has 0 aliphatic carbocycles. The fourth-order valence-corrected chi connectivity index (χ4v) is 3.20. The molecule has 96 valence electrons. The van der Waals surface area contributed by atoms with Gasteiger partial charge in [0.15, 0.2) is 4.96 Å². The van der Waals surface area contributed by atoms with Crippen LogP contribution in [0, 0.1) is 5.92 Å². The van der Waals surface area contributed by atoms with Crippen LogP contribution < -0.4 is 0 Å². The zero-order chi connectivity index (χ0) is 12.5. The molecular weight excluding hydrogens is 248 g/mol. The van der Waals surface area contributed by atoms with Crippen molar-refractivity contribution >= 4 is 22.0 Å². The summed E-state index contributed by atoms with van der Waals surface area (Å²) in [7, 11) is 0. The lowest BCUT2D eigenvalue weighted by Crippen LogP contribution is -2.39. The van der Waals surface area contributed by atoms with E-state index in [1.807, 2.05) is 11.6 Å². The third-order valence-corrected chi connectivity index (χ3v) is 4.21. The molecule has 5 nitrogen and oxygen atoms in total. The topological polar surface area (TPSA) is 53.1 Å². The number of likely N-dealkylation sites (tertiary alicyclic amines) is 1. The van der Waals surface area contributed by atoms with Gasteiger partial charge in [-0.3, -0.25) is 9.30 Å². The van der Waals surface area contributed by atoms with Crippen LogP contribution in [0.4, 0.5) is 0 Å². The summed E-state index contributed by atoms with van der Waals surface area (Å²) in [6.07, 6.45) is 4.97. The van der Waals surface area contributed by atoms with Gasteiger partial charge in [-0.15, -0.1) is 11.3 Å². The molecule has 0 spiro atoms. The Hall–Kier alpha value is -1.40. The number of fused-ring (bicyclic) bond motifs is 1. The van der Waals surface area contributed by atoms with Gasteiger partial charge in [-0.25, -0.2) is 4.98 Å². The van der Waals surface area contributed by atoms with E-state index in [4.69, 9.17) is 5.21 Å². The van der Waals surface area contributed by atoms with Gasteiger partial charge >= 0.3 is 0 Å². The Morgan fingerprint density at radius 2 is 2.50 bits per heavy atom. The molecule has 6 heteroatoms. The smallest absolute Gasteiger partial charge is 0.193 e. The predicted octanol–water partition coefficient (Wildman–Crippen LogP) is 2.07. The van der Waals surface area contributed by atoms with Crippen molar-refractivity contribution in [1.29, 1.82) is 0 Å². The minimum absolute atomic E-state index is 0.326. The number of rotatable bonds is 2. The van der Waals surface area contributed by atoms with Gasteiger partial charge < -0.3 is 5.21 Å². The summed E-state index contributed by atoms with van der Waals surface area (Å²) >= 11 is 1.66. The van der Waals surface area contributed by atoms with Crippen LogP contribution >= 0.6 is 11.3 Å². The maximum atomic E-state index is 8.86. The highest BCUT2D eigenvalue weighted by Crippen LogP contribution is 2.17. The highest BCUT2D eigenvalue weighted by molar-refractivity contribution is 7.15. The van der Waals surface area contributed by atoms with Gasteiger partial charge in [0, 0.05) is 49.7 Å². The molecule has 2 aromatic rings. The van der Waals surface area contributed by atoms with Crippen LogP contribution in [0.5, 0.6) is 0 Å². The standard InChI is InChI=1S/C12H16N4OS/c1-9-6-15(3-2-11(9)14-17)7-10-8-16-4-5-18-12(16)13-10/h4-5,8-9,17H,2-3,6-7H2,1H3/b14-11+. The highest BCUT2D eigenvalue weighted by atomic mass is 32.1. The van der Waals surface area contributed by atoms with Crippen molar-refractivity contribution in [3.63, 3.8) is 0 Å². The van der Waals surface area contributed by atoms with Gasteiger partial charge in [-0.1, -0.05) is 12.1 Å². The lowest BCUT2D eigenvalue weighted by atomic mass is 9.97. The first-order chi connectivity index (χ1) is 8.76. The first kappa shape index (κ1) is 11.7. The number of piperidine rings is 1. The van der Waals surface area contributed by atoms with Crippen LogP contribution in [-0.2, 0) is 6.54 Å². The van der Waals surface area contributed by atoms with Crippen LogP contribution in [0.2, 0.25) is 0 Å². The molecule has 1 saturated heterocycles. The second-order valence-corrected chi connectivity index (χ2v) is 5.68. The molecule has 3 rings (SSSR count). The van der Waals surface area contributed by atoms with Crippen LogP contribution in [0.25, 0.3) is 4.96 Å². The van der Waals surface area contributed by atoms with Crippen LogP contribution in [-0.4, -0.2) is 38.3 Å². The molecule has 1 aliphatic rings. The van der Waals surface area contributed by atoms with E-state index in [0.717, 1.165) is 42.4 Å². The largest absolute Gasteiger partial charge is 0.411 e. The Kier molecular flexibility index (Phi) is 3.05. The first-order valence-electron chi connectivity index (χ1n) is 6.10. The van der Waals surface area contributed by atoms with Gasteiger partial charge in [0.1, 0.15) is 0 Å². The van der Waals surface area contributed by atoms with Crippen molar-refractivity contribution in [2.24, 2.45) is 11.1 Å². The van der Waals surface area contributed by atoms with Crippen LogP contribution in [0.3, 0.4) is 0 Å². The minimum atomic E-state index is 0.326. The van der Waals surface area contributed by atoms with Gasteiger partial charge in [0.05, 0.1) is 11.4 Å². The summed E-state index contributed by atoms with van der Waals surface area (Å²) in [5.74, 6) is 0.326. The van der Waals surface area contributed by atoms with Gasteiger partial charge in [-0.2, -0.15) is 0 Å². The fourth-order valence-electron chi connectivity index (χ4n) is 2.48. The van der Waals surface area contributed by atoms with Crippen molar-refractivity contribution in [1.82, 2.24) is 14.3 Å². The molecule has 1 atom stereocenters. The van der Waals surface area contributed by atoms with Crippen molar-refractivity contribution < 1.29 is 5.21 Å². The van der Waals surface area contributed by atoms with E-state index in [1.165, 1.54) is 0 Å². The Labute approximate surface area is 109 Å². The quantitative estimate of drug-likeness (QED) is 0.667. The van der Waals surface area contributed by atoms with E-state index < -0.39 is 0 Å². The molecule has 1 unspecified atom stereocenters. The average Bonchev–Trinajstić information content (AvgIpc) is 2.90. The maximum Gasteiger partial charge on any atom is 0.193 e. The fraction of sp³-hybridized carbons (Fsp3) is 0.500. The summed E-state index contributed by atoms with van der Waals surface area (Å²) in [5.41, 5.74) is 2.02. The van der Waals surface area contributed by atoms with E-state index in [1.54, 1.807) is 11.3 Å². The summed E-state index contributed by atoms with van der Waals surface area (Å²) in [6, 6.07) is 0. The Bertz CT molecular complexity index is 545. The number of imidazole rings is 1. The van der Waals surface area contributed by atoms with Gasteiger partial charge in [-0.05, 0) is 0 Å². The molecule has 3 heterocycles. The number of thiazole rings is 1. The van der Waals surface area contributed by atoms with E-state index in [0.29, 0.717) is 5.92 Å². The van der Waals surface area contributed by atoms with E-state index >= 15 is 0 Å². The number of oxime groups is 1. The van der Waals surface area contributed by atoms with Gasteiger partial charge in [0.2, 0.25) is 0 Å². The molecule has 2 aromatic heterocycles. The Morgan fingerprint density at radius 1 is 1.61 bits per heavy atom. The summed E-state index contributed by atoms with van der Waals surface area (Å²) in [4.78, 5) is 8.01. The molecule has 1 fully saturated rings. The zero-order valence-electron chi connectivity index (χ0n) is 10.3. The summed E-state index contributed by atoms with van der Waals surface area (Å²) in [5, 5.41) is 14.3. The predicted molar refractivity (Wildman–Crippen MR) is 71.3 cm³/mol.